The van der Waals surface area contributed by atoms with Crippen molar-refractivity contribution in [3.63, 3.8) is 0 Å². The van der Waals surface area contributed by atoms with Gasteiger partial charge in [-0.1, -0.05) is 44.5 Å². The molecular weight excluding hydrogens is 344 g/mol. The number of carbonyl (C=O) groups excluding carboxylic acids is 2. The van der Waals surface area contributed by atoms with Gasteiger partial charge in [0.25, 0.3) is 5.91 Å². The molecule has 0 saturated carbocycles. The Morgan fingerprint density at radius 3 is 2.56 bits per heavy atom. The van der Waals surface area contributed by atoms with Gasteiger partial charge in [0.15, 0.2) is 11.5 Å². The molecule has 3 rings (SSSR count). The topological polar surface area (TPSA) is 76.7 Å². The summed E-state index contributed by atoms with van der Waals surface area (Å²) in [5, 5.41) is 5.78. The molecule has 0 aliphatic carbocycles. The van der Waals surface area contributed by atoms with Crippen molar-refractivity contribution in [3.8, 4) is 11.5 Å². The van der Waals surface area contributed by atoms with E-state index in [1.165, 1.54) is 0 Å². The maximum Gasteiger partial charge on any atom is 0.251 e. The Balaban J connectivity index is 1.64. The molecule has 6 nitrogen and oxygen atoms in total. The molecule has 27 heavy (non-hydrogen) atoms. The average molecular weight is 368 g/mol. The first-order valence-corrected chi connectivity index (χ1v) is 9.10. The summed E-state index contributed by atoms with van der Waals surface area (Å²) < 4.78 is 10.7. The first-order chi connectivity index (χ1) is 13.1. The Labute approximate surface area is 158 Å². The molecule has 1 heterocycles. The zero-order chi connectivity index (χ0) is 19.2. The van der Waals surface area contributed by atoms with E-state index in [-0.39, 0.29) is 24.5 Å². The van der Waals surface area contributed by atoms with Gasteiger partial charge < -0.3 is 20.1 Å². The Morgan fingerprint density at radius 1 is 1.07 bits per heavy atom. The van der Waals surface area contributed by atoms with Crippen LogP contribution in [0.2, 0.25) is 0 Å². The lowest BCUT2D eigenvalue weighted by molar-refractivity contribution is -0.124. The summed E-state index contributed by atoms with van der Waals surface area (Å²) in [6.07, 6.45) is 0.775. The normalized spacial score (nSPS) is 14.3. The summed E-state index contributed by atoms with van der Waals surface area (Å²) in [5.41, 5.74) is 1.44. The van der Waals surface area contributed by atoms with Gasteiger partial charge in [0.2, 0.25) is 12.7 Å². The second-order valence-electron chi connectivity index (χ2n) is 6.61. The number of benzene rings is 2. The lowest BCUT2D eigenvalue weighted by Gasteiger charge is -2.23. The standard InChI is InChI=1S/C21H24N2O4/c1-3-14(2)19(23-20(24)16-7-5-4-6-8-16)21(25)22-12-15-9-10-17-18(11-15)27-13-26-17/h4-11,14,19H,3,12-13H2,1-2H3,(H,22,25)(H,23,24). The van der Waals surface area contributed by atoms with E-state index in [0.717, 1.165) is 12.0 Å². The summed E-state index contributed by atoms with van der Waals surface area (Å²) in [7, 11) is 0. The highest BCUT2D eigenvalue weighted by Gasteiger charge is 2.26. The van der Waals surface area contributed by atoms with Crippen LogP contribution in [-0.4, -0.2) is 24.6 Å². The van der Waals surface area contributed by atoms with Crippen molar-refractivity contribution in [1.29, 1.82) is 0 Å². The molecule has 2 atom stereocenters. The van der Waals surface area contributed by atoms with Crippen LogP contribution in [0.1, 0.15) is 36.2 Å². The fourth-order valence-electron chi connectivity index (χ4n) is 2.87. The number of hydrogen-bond donors (Lipinski definition) is 2. The second kappa shape index (κ2) is 8.58. The lowest BCUT2D eigenvalue weighted by Crippen LogP contribution is -2.50. The van der Waals surface area contributed by atoms with E-state index in [4.69, 9.17) is 9.47 Å². The summed E-state index contributed by atoms with van der Waals surface area (Å²) >= 11 is 0. The van der Waals surface area contributed by atoms with Crippen LogP contribution in [0.5, 0.6) is 11.5 Å². The molecular formula is C21H24N2O4. The van der Waals surface area contributed by atoms with Crippen LogP contribution in [0.15, 0.2) is 48.5 Å². The fraction of sp³-hybridized carbons (Fsp3) is 0.333. The number of ether oxygens (including phenoxy) is 2. The van der Waals surface area contributed by atoms with Crippen LogP contribution in [-0.2, 0) is 11.3 Å². The van der Waals surface area contributed by atoms with Crippen molar-refractivity contribution in [2.24, 2.45) is 5.92 Å². The Hall–Kier alpha value is -3.02. The quantitative estimate of drug-likeness (QED) is 0.788. The molecule has 0 saturated heterocycles. The largest absolute Gasteiger partial charge is 0.454 e. The van der Waals surface area contributed by atoms with Crippen LogP contribution in [0.4, 0.5) is 0 Å². The van der Waals surface area contributed by atoms with Gasteiger partial charge in [0, 0.05) is 12.1 Å². The van der Waals surface area contributed by atoms with Gasteiger partial charge in [-0.2, -0.15) is 0 Å². The first kappa shape index (κ1) is 18.8. The second-order valence-corrected chi connectivity index (χ2v) is 6.61. The van der Waals surface area contributed by atoms with Gasteiger partial charge >= 0.3 is 0 Å². The van der Waals surface area contributed by atoms with E-state index in [1.807, 2.05) is 38.1 Å². The predicted octanol–water partition coefficient (Wildman–Crippen LogP) is 2.88. The van der Waals surface area contributed by atoms with E-state index < -0.39 is 6.04 Å². The van der Waals surface area contributed by atoms with Crippen molar-refractivity contribution in [2.75, 3.05) is 6.79 Å². The van der Waals surface area contributed by atoms with E-state index in [1.54, 1.807) is 24.3 Å². The zero-order valence-electron chi connectivity index (χ0n) is 15.5. The Bertz CT molecular complexity index is 807. The van der Waals surface area contributed by atoms with E-state index in [2.05, 4.69) is 10.6 Å². The summed E-state index contributed by atoms with van der Waals surface area (Å²) in [4.78, 5) is 25.2. The molecule has 0 aromatic heterocycles. The molecule has 2 aromatic rings. The third kappa shape index (κ3) is 4.58. The minimum Gasteiger partial charge on any atom is -0.454 e. The Morgan fingerprint density at radius 2 is 1.81 bits per heavy atom. The highest BCUT2D eigenvalue weighted by atomic mass is 16.7. The maximum atomic E-state index is 12.7. The van der Waals surface area contributed by atoms with Gasteiger partial charge in [-0.25, -0.2) is 0 Å². The molecule has 2 unspecified atom stereocenters. The number of rotatable bonds is 7. The van der Waals surface area contributed by atoms with Gasteiger partial charge in [-0.15, -0.1) is 0 Å². The average Bonchev–Trinajstić information content (AvgIpc) is 3.18. The van der Waals surface area contributed by atoms with E-state index in [9.17, 15) is 9.59 Å². The molecule has 0 radical (unpaired) electrons. The van der Waals surface area contributed by atoms with Crippen LogP contribution < -0.4 is 20.1 Å². The van der Waals surface area contributed by atoms with Gasteiger partial charge in [-0.05, 0) is 35.7 Å². The molecule has 2 amide bonds. The van der Waals surface area contributed by atoms with Crippen molar-refractivity contribution >= 4 is 11.8 Å². The number of carbonyl (C=O) groups is 2. The smallest absolute Gasteiger partial charge is 0.251 e. The van der Waals surface area contributed by atoms with Gasteiger partial charge in [0.05, 0.1) is 0 Å². The summed E-state index contributed by atoms with van der Waals surface area (Å²) in [6.45, 7) is 4.52. The predicted molar refractivity (Wildman–Crippen MR) is 102 cm³/mol. The SMILES string of the molecule is CCC(C)C(NC(=O)c1ccccc1)C(=O)NCc1ccc2c(c1)OCO2. The van der Waals surface area contributed by atoms with Gasteiger partial charge in [-0.3, -0.25) is 9.59 Å². The fourth-order valence-corrected chi connectivity index (χ4v) is 2.87. The molecule has 0 fully saturated rings. The van der Waals surface area contributed by atoms with Crippen LogP contribution in [0.3, 0.4) is 0 Å². The number of nitrogens with one attached hydrogen (secondary N) is 2. The highest BCUT2D eigenvalue weighted by Crippen LogP contribution is 2.32. The summed E-state index contributed by atoms with van der Waals surface area (Å²) in [5.74, 6) is 0.940. The van der Waals surface area contributed by atoms with Crippen molar-refractivity contribution in [2.45, 2.75) is 32.9 Å². The van der Waals surface area contributed by atoms with Crippen molar-refractivity contribution in [1.82, 2.24) is 10.6 Å². The summed E-state index contributed by atoms with van der Waals surface area (Å²) in [6, 6.07) is 13.9. The highest BCUT2D eigenvalue weighted by molar-refractivity contribution is 5.97. The Kier molecular flexibility index (Phi) is 5.96. The van der Waals surface area contributed by atoms with Crippen LogP contribution >= 0.6 is 0 Å². The van der Waals surface area contributed by atoms with E-state index >= 15 is 0 Å². The van der Waals surface area contributed by atoms with Crippen LogP contribution in [0.25, 0.3) is 0 Å². The minimum absolute atomic E-state index is 0.00872. The molecule has 142 valence electrons. The molecule has 2 aromatic carbocycles. The first-order valence-electron chi connectivity index (χ1n) is 9.10. The minimum atomic E-state index is -0.600. The molecule has 6 heteroatoms. The number of hydrogen-bond acceptors (Lipinski definition) is 4. The molecule has 0 spiro atoms. The molecule has 2 N–H and O–H groups in total. The lowest BCUT2D eigenvalue weighted by atomic mass is 9.97. The molecule has 1 aliphatic rings. The third-order valence-electron chi connectivity index (χ3n) is 4.72. The van der Waals surface area contributed by atoms with Gasteiger partial charge in [0.1, 0.15) is 6.04 Å². The monoisotopic (exact) mass is 368 g/mol. The van der Waals surface area contributed by atoms with Crippen molar-refractivity contribution in [3.05, 3.63) is 59.7 Å². The molecule has 0 bridgehead atoms. The van der Waals surface area contributed by atoms with E-state index in [0.29, 0.717) is 23.6 Å². The van der Waals surface area contributed by atoms with Crippen LogP contribution in [0, 0.1) is 5.92 Å². The zero-order valence-corrected chi connectivity index (χ0v) is 15.5. The maximum absolute atomic E-state index is 12.7. The number of amides is 2. The van der Waals surface area contributed by atoms with Crippen molar-refractivity contribution < 1.29 is 19.1 Å². The third-order valence-corrected chi connectivity index (χ3v) is 4.72. The molecule has 1 aliphatic heterocycles. The number of fused-ring (bicyclic) bond motifs is 1.